The largest absolute Gasteiger partial charge is 0.494 e. The minimum atomic E-state index is -1.08. The molecule has 9 nitrogen and oxygen atoms in total. The second-order valence-corrected chi connectivity index (χ2v) is 14.2. The van der Waals surface area contributed by atoms with Crippen molar-refractivity contribution < 1.29 is 29.0 Å². The zero-order valence-electron chi connectivity index (χ0n) is 32.6. The van der Waals surface area contributed by atoms with Gasteiger partial charge in [-0.1, -0.05) is 114 Å². The van der Waals surface area contributed by atoms with Crippen LogP contribution in [0.1, 0.15) is 120 Å². The van der Waals surface area contributed by atoms with Gasteiger partial charge in [0.15, 0.2) is 5.75 Å². The van der Waals surface area contributed by atoms with Gasteiger partial charge in [0.05, 0.1) is 29.8 Å². The molecule has 294 valence electrons. The fraction of sp³-hybridized carbons (Fsp3) is 0.413. The van der Waals surface area contributed by atoms with Gasteiger partial charge < -0.3 is 25.1 Å². The highest BCUT2D eigenvalue weighted by Gasteiger charge is 2.22. The molecular weight excluding hydrogens is 693 g/mol. The van der Waals surface area contributed by atoms with Crippen molar-refractivity contribution >= 4 is 23.4 Å². The Kier molecular flexibility index (Phi) is 17.6. The number of nitro groups is 1. The Labute approximate surface area is 326 Å². The molecule has 0 bridgehead atoms. The first-order valence-corrected chi connectivity index (χ1v) is 19.9. The molecule has 4 aromatic carbocycles. The van der Waals surface area contributed by atoms with Gasteiger partial charge in [-0.05, 0) is 91.3 Å². The molecule has 0 radical (unpaired) electrons. The molecule has 0 saturated carbocycles. The summed E-state index contributed by atoms with van der Waals surface area (Å²) in [5.74, 6) is 0.676. The highest BCUT2D eigenvalue weighted by molar-refractivity contribution is 5.98. The van der Waals surface area contributed by atoms with Crippen LogP contribution in [0.15, 0.2) is 85.4 Å². The predicted molar refractivity (Wildman–Crippen MR) is 223 cm³/mol. The van der Waals surface area contributed by atoms with Crippen molar-refractivity contribution in [1.82, 2.24) is 0 Å². The maximum Gasteiger partial charge on any atom is 0.336 e. The van der Waals surface area contributed by atoms with Crippen LogP contribution in [-0.4, -0.2) is 35.3 Å². The van der Waals surface area contributed by atoms with Crippen LogP contribution in [0.25, 0.3) is 28.3 Å². The van der Waals surface area contributed by atoms with Crippen molar-refractivity contribution in [2.24, 2.45) is 0 Å². The number of aromatic carboxylic acids is 1. The standard InChI is InChI=1S/C46H58N2O7/c1-4-6-7-15-18-34(3)55-45-33-43(47)42(32-44(45)48(51)52)37-23-28-40(46(49)50)41(31-37)36-21-26-39(27-22-36)54-30-17-14-12-10-8-9-11-13-16-29-53-38-24-19-35(5-2)20-25-38/h5,19-28,31-34H,2,4,6-18,29-30,47H2,1,3H3,(H,49,50)/t34-/m1/s1. The SMILES string of the molecule is C=Cc1ccc(OCCCCCCCCCCCOc2ccc(-c3cc(-c4cc([N+](=O)[O-])c(O[C@H](C)CCCCCC)cc4N)ccc3C(=O)O)cc2)cc1. The summed E-state index contributed by atoms with van der Waals surface area (Å²) in [6.07, 6.45) is 17.2. The molecule has 0 aliphatic heterocycles. The Bertz CT molecular complexity index is 1800. The molecule has 0 fully saturated rings. The summed E-state index contributed by atoms with van der Waals surface area (Å²) in [5, 5.41) is 22.1. The van der Waals surface area contributed by atoms with Crippen molar-refractivity contribution in [3.8, 4) is 39.5 Å². The molecule has 0 unspecified atom stereocenters. The number of nitrogen functional groups attached to an aromatic ring is 1. The molecule has 0 aromatic heterocycles. The number of hydrogen-bond acceptors (Lipinski definition) is 7. The summed E-state index contributed by atoms with van der Waals surface area (Å²) in [4.78, 5) is 23.8. The van der Waals surface area contributed by atoms with E-state index in [0.717, 1.165) is 69.3 Å². The van der Waals surface area contributed by atoms with Crippen molar-refractivity contribution in [3.05, 3.63) is 107 Å². The van der Waals surface area contributed by atoms with E-state index in [2.05, 4.69) is 13.5 Å². The van der Waals surface area contributed by atoms with E-state index in [1.165, 1.54) is 56.7 Å². The number of carbonyl (C=O) groups is 1. The molecule has 0 heterocycles. The normalized spacial score (nSPS) is 11.5. The van der Waals surface area contributed by atoms with Crippen LogP contribution in [-0.2, 0) is 0 Å². The summed E-state index contributed by atoms with van der Waals surface area (Å²) in [7, 11) is 0. The van der Waals surface area contributed by atoms with Crippen LogP contribution in [0, 0.1) is 10.1 Å². The van der Waals surface area contributed by atoms with Crippen LogP contribution in [0.5, 0.6) is 17.2 Å². The Hall–Kier alpha value is -5.31. The number of nitrogens with two attached hydrogens (primary N) is 1. The maximum absolute atomic E-state index is 12.2. The summed E-state index contributed by atoms with van der Waals surface area (Å²) in [6.45, 7) is 9.19. The number of nitrogens with zero attached hydrogens (tertiary/aromatic N) is 1. The molecule has 4 aromatic rings. The molecule has 0 aliphatic carbocycles. The van der Waals surface area contributed by atoms with Gasteiger partial charge in [0.2, 0.25) is 0 Å². The average Bonchev–Trinajstić information content (AvgIpc) is 3.18. The van der Waals surface area contributed by atoms with Gasteiger partial charge in [-0.25, -0.2) is 4.79 Å². The molecule has 55 heavy (non-hydrogen) atoms. The van der Waals surface area contributed by atoms with E-state index >= 15 is 0 Å². The smallest absolute Gasteiger partial charge is 0.336 e. The number of ether oxygens (including phenoxy) is 3. The minimum absolute atomic E-state index is 0.113. The quantitative estimate of drug-likeness (QED) is 0.0280. The zero-order valence-corrected chi connectivity index (χ0v) is 32.6. The van der Waals surface area contributed by atoms with E-state index < -0.39 is 10.9 Å². The van der Waals surface area contributed by atoms with E-state index in [1.807, 2.05) is 61.5 Å². The number of anilines is 1. The first-order chi connectivity index (χ1) is 26.7. The van der Waals surface area contributed by atoms with E-state index in [-0.39, 0.29) is 23.1 Å². The number of hydrogen-bond donors (Lipinski definition) is 2. The van der Waals surface area contributed by atoms with Crippen molar-refractivity contribution in [1.29, 1.82) is 0 Å². The number of carboxylic acids is 1. The lowest BCUT2D eigenvalue weighted by Gasteiger charge is -2.17. The van der Waals surface area contributed by atoms with E-state index in [9.17, 15) is 20.0 Å². The summed E-state index contributed by atoms with van der Waals surface area (Å²) in [6, 6.07) is 23.1. The number of carboxylic acid groups (broad SMARTS) is 1. The van der Waals surface area contributed by atoms with Crippen molar-refractivity contribution in [3.63, 3.8) is 0 Å². The topological polar surface area (TPSA) is 134 Å². The Morgan fingerprint density at radius 3 is 1.85 bits per heavy atom. The summed E-state index contributed by atoms with van der Waals surface area (Å²) in [5.41, 5.74) is 9.93. The number of unbranched alkanes of at least 4 members (excludes halogenated alkanes) is 11. The molecular formula is C46H58N2O7. The van der Waals surface area contributed by atoms with Crippen LogP contribution in [0.2, 0.25) is 0 Å². The Balaban J connectivity index is 1.23. The van der Waals surface area contributed by atoms with E-state index in [0.29, 0.717) is 40.3 Å². The monoisotopic (exact) mass is 750 g/mol. The highest BCUT2D eigenvalue weighted by atomic mass is 16.6. The zero-order chi connectivity index (χ0) is 39.4. The second-order valence-electron chi connectivity index (χ2n) is 14.2. The fourth-order valence-corrected chi connectivity index (χ4v) is 6.59. The lowest BCUT2D eigenvalue weighted by Crippen LogP contribution is -2.13. The lowest BCUT2D eigenvalue weighted by atomic mass is 9.93. The highest BCUT2D eigenvalue weighted by Crippen LogP contribution is 2.40. The first-order valence-electron chi connectivity index (χ1n) is 19.9. The van der Waals surface area contributed by atoms with Crippen LogP contribution >= 0.6 is 0 Å². The molecule has 4 rings (SSSR count). The third-order valence-electron chi connectivity index (χ3n) is 9.79. The number of rotatable bonds is 26. The lowest BCUT2D eigenvalue weighted by molar-refractivity contribution is -0.386. The summed E-state index contributed by atoms with van der Waals surface area (Å²) >= 11 is 0. The van der Waals surface area contributed by atoms with Crippen molar-refractivity contribution in [2.45, 2.75) is 110 Å². The van der Waals surface area contributed by atoms with Gasteiger partial charge in [0.1, 0.15) is 11.5 Å². The summed E-state index contributed by atoms with van der Waals surface area (Å²) < 4.78 is 17.8. The third kappa shape index (κ3) is 13.8. The molecule has 0 spiro atoms. The second kappa shape index (κ2) is 22.8. The molecule has 9 heteroatoms. The van der Waals surface area contributed by atoms with Crippen molar-refractivity contribution in [2.75, 3.05) is 18.9 Å². The predicted octanol–water partition coefficient (Wildman–Crippen LogP) is 12.6. The van der Waals surface area contributed by atoms with Gasteiger partial charge >= 0.3 is 11.7 Å². The fourth-order valence-electron chi connectivity index (χ4n) is 6.59. The number of nitro benzene ring substituents is 1. The Morgan fingerprint density at radius 1 is 0.764 bits per heavy atom. The van der Waals surface area contributed by atoms with Gasteiger partial charge in [-0.2, -0.15) is 0 Å². The molecule has 0 amide bonds. The molecule has 0 aliphatic rings. The van der Waals surface area contributed by atoms with Crippen LogP contribution in [0.4, 0.5) is 11.4 Å². The third-order valence-corrected chi connectivity index (χ3v) is 9.79. The van der Waals surface area contributed by atoms with Gasteiger partial charge in [-0.15, -0.1) is 0 Å². The van der Waals surface area contributed by atoms with Gasteiger partial charge in [-0.3, -0.25) is 10.1 Å². The first kappa shape index (κ1) is 42.4. The maximum atomic E-state index is 12.2. The number of benzene rings is 4. The minimum Gasteiger partial charge on any atom is -0.494 e. The van der Waals surface area contributed by atoms with Gasteiger partial charge in [0.25, 0.3) is 0 Å². The van der Waals surface area contributed by atoms with E-state index in [1.54, 1.807) is 12.1 Å². The van der Waals surface area contributed by atoms with Crippen LogP contribution in [0.3, 0.4) is 0 Å². The Morgan fingerprint density at radius 2 is 1.31 bits per heavy atom. The average molecular weight is 751 g/mol. The molecule has 1 atom stereocenters. The van der Waals surface area contributed by atoms with Crippen LogP contribution < -0.4 is 19.9 Å². The van der Waals surface area contributed by atoms with E-state index in [4.69, 9.17) is 19.9 Å². The van der Waals surface area contributed by atoms with Gasteiger partial charge in [0, 0.05) is 23.4 Å². The molecule has 3 N–H and O–H groups in total. The molecule has 0 saturated heterocycles.